The van der Waals surface area contributed by atoms with Crippen LogP contribution in [0.5, 0.6) is 0 Å². The van der Waals surface area contributed by atoms with E-state index in [2.05, 4.69) is 40.4 Å². The maximum absolute atomic E-state index is 11.8. The van der Waals surface area contributed by atoms with E-state index in [-0.39, 0.29) is 23.5 Å². The zero-order valence-electron chi connectivity index (χ0n) is 14.0. The summed E-state index contributed by atoms with van der Waals surface area (Å²) < 4.78 is 5.95. The number of carbonyl (C=O) groups is 3. The Morgan fingerprint density at radius 2 is 1.73 bits per heavy atom. The maximum atomic E-state index is 11.8. The van der Waals surface area contributed by atoms with Crippen LogP contribution in [0.25, 0.3) is 0 Å². The zero-order chi connectivity index (χ0) is 17.1. The quantitative estimate of drug-likeness (QED) is 0.426. The molecule has 0 unspecified atom stereocenters. The molecule has 0 atom stereocenters. The highest BCUT2D eigenvalue weighted by molar-refractivity contribution is 6.74. The van der Waals surface area contributed by atoms with Crippen molar-refractivity contribution in [1.82, 2.24) is 5.06 Å². The van der Waals surface area contributed by atoms with Gasteiger partial charge in [-0.1, -0.05) is 27.4 Å². The van der Waals surface area contributed by atoms with Gasteiger partial charge in [-0.15, -0.1) is 5.06 Å². The van der Waals surface area contributed by atoms with E-state index in [0.29, 0.717) is 18.1 Å². The van der Waals surface area contributed by atoms with Gasteiger partial charge in [0.25, 0.3) is 11.8 Å². The number of amides is 2. The third-order valence-electron chi connectivity index (χ3n) is 4.14. The number of nitrogens with zero attached hydrogens (tertiary/aromatic N) is 1. The molecule has 0 aliphatic carbocycles. The van der Waals surface area contributed by atoms with Crippen LogP contribution in [0, 0.1) is 0 Å². The second-order valence-electron chi connectivity index (χ2n) is 6.92. The van der Waals surface area contributed by atoms with Crippen molar-refractivity contribution >= 4 is 26.1 Å². The monoisotopic (exact) mass is 327 g/mol. The van der Waals surface area contributed by atoms with Crippen LogP contribution >= 0.6 is 0 Å². The molecule has 0 aromatic heterocycles. The molecule has 6 nitrogen and oxygen atoms in total. The molecule has 22 heavy (non-hydrogen) atoms. The van der Waals surface area contributed by atoms with Crippen LogP contribution in [0.1, 0.15) is 40.0 Å². The number of hydroxylamine groups is 2. The second-order valence-corrected chi connectivity index (χ2v) is 11.7. The molecule has 0 spiro atoms. The molecule has 7 heteroatoms. The smallest absolute Gasteiger partial charge is 0.359 e. The Hall–Kier alpha value is -1.47. The average molecular weight is 327 g/mol. The number of imide groups is 1. The first-order valence-electron chi connectivity index (χ1n) is 7.35. The molecule has 0 bridgehead atoms. The number of rotatable bonds is 6. The SMILES string of the molecule is C=C(CCO[Si](C)(C)C(C)(C)C)C(=O)ON1C(=O)CCC1=O. The van der Waals surface area contributed by atoms with Crippen molar-refractivity contribution in [3.05, 3.63) is 12.2 Å². The summed E-state index contributed by atoms with van der Waals surface area (Å²) in [7, 11) is -1.88. The van der Waals surface area contributed by atoms with E-state index >= 15 is 0 Å². The van der Waals surface area contributed by atoms with Gasteiger partial charge in [-0.2, -0.15) is 0 Å². The average Bonchev–Trinajstić information content (AvgIpc) is 2.68. The molecular formula is C15H25NO5Si. The normalized spacial score (nSPS) is 16.1. The summed E-state index contributed by atoms with van der Waals surface area (Å²) in [4.78, 5) is 39.4. The molecule has 1 saturated heterocycles. The summed E-state index contributed by atoms with van der Waals surface area (Å²) in [5.74, 6) is -1.75. The van der Waals surface area contributed by atoms with Gasteiger partial charge in [-0.3, -0.25) is 9.59 Å². The van der Waals surface area contributed by atoms with Crippen molar-refractivity contribution in [2.75, 3.05) is 6.61 Å². The van der Waals surface area contributed by atoms with Crippen molar-refractivity contribution < 1.29 is 23.6 Å². The fourth-order valence-corrected chi connectivity index (χ4v) is 2.60. The molecule has 0 saturated carbocycles. The summed E-state index contributed by atoms with van der Waals surface area (Å²) in [6.45, 7) is 14.6. The Labute approximate surface area is 132 Å². The van der Waals surface area contributed by atoms with Crippen LogP contribution < -0.4 is 0 Å². The zero-order valence-corrected chi connectivity index (χ0v) is 15.0. The minimum Gasteiger partial charge on any atom is -0.416 e. The predicted molar refractivity (Wildman–Crippen MR) is 84.1 cm³/mol. The van der Waals surface area contributed by atoms with Crippen LogP contribution in [0.15, 0.2) is 12.2 Å². The maximum Gasteiger partial charge on any atom is 0.359 e. The van der Waals surface area contributed by atoms with E-state index in [1.807, 2.05) is 0 Å². The van der Waals surface area contributed by atoms with Gasteiger partial charge in [0.15, 0.2) is 8.32 Å². The largest absolute Gasteiger partial charge is 0.416 e. The second kappa shape index (κ2) is 6.74. The summed E-state index contributed by atoms with van der Waals surface area (Å²) in [6, 6.07) is 0. The molecule has 124 valence electrons. The summed E-state index contributed by atoms with van der Waals surface area (Å²) in [5, 5.41) is 0.617. The van der Waals surface area contributed by atoms with Gasteiger partial charge in [0.05, 0.1) is 0 Å². The van der Waals surface area contributed by atoms with E-state index in [0.717, 1.165) is 0 Å². The Balaban J connectivity index is 2.44. The number of carbonyl (C=O) groups excluding carboxylic acids is 3. The van der Waals surface area contributed by atoms with Crippen LogP contribution in [-0.4, -0.2) is 37.8 Å². The van der Waals surface area contributed by atoms with Gasteiger partial charge in [0.2, 0.25) is 0 Å². The lowest BCUT2D eigenvalue weighted by molar-refractivity contribution is -0.194. The van der Waals surface area contributed by atoms with E-state index in [4.69, 9.17) is 9.26 Å². The highest BCUT2D eigenvalue weighted by Crippen LogP contribution is 2.36. The van der Waals surface area contributed by atoms with Gasteiger partial charge in [-0.05, 0) is 18.1 Å². The fraction of sp³-hybridized carbons (Fsp3) is 0.667. The molecule has 0 aromatic rings. The van der Waals surface area contributed by atoms with Gasteiger partial charge in [-0.25, -0.2) is 4.79 Å². The first-order chi connectivity index (χ1) is 9.95. The molecule has 1 aliphatic rings. The van der Waals surface area contributed by atoms with Crippen molar-refractivity contribution in [1.29, 1.82) is 0 Å². The number of hydrogen-bond donors (Lipinski definition) is 0. The lowest BCUT2D eigenvalue weighted by Crippen LogP contribution is -2.41. The molecule has 1 fully saturated rings. The molecule has 1 rings (SSSR count). The molecular weight excluding hydrogens is 302 g/mol. The van der Waals surface area contributed by atoms with Gasteiger partial charge in [0.1, 0.15) is 0 Å². The molecule has 0 N–H and O–H groups in total. The highest BCUT2D eigenvalue weighted by Gasteiger charge is 2.37. The standard InChI is InChI=1S/C15H25NO5Si/c1-11(9-10-20-22(5,6)15(2,3)4)14(19)21-16-12(17)7-8-13(16)18/h1,7-10H2,2-6H3. The first kappa shape index (κ1) is 18.6. The Bertz CT molecular complexity index is 477. The van der Waals surface area contributed by atoms with Gasteiger partial charge >= 0.3 is 5.97 Å². The molecule has 1 aliphatic heterocycles. The van der Waals surface area contributed by atoms with Crippen LogP contribution in [0.3, 0.4) is 0 Å². The molecule has 2 amide bonds. The van der Waals surface area contributed by atoms with Crippen LogP contribution in [-0.2, 0) is 23.6 Å². The Kier molecular flexibility index (Phi) is 5.69. The highest BCUT2D eigenvalue weighted by atomic mass is 28.4. The number of hydrogen-bond acceptors (Lipinski definition) is 5. The Morgan fingerprint density at radius 1 is 1.23 bits per heavy atom. The van der Waals surface area contributed by atoms with E-state index in [9.17, 15) is 14.4 Å². The van der Waals surface area contributed by atoms with Gasteiger partial charge < -0.3 is 9.26 Å². The lowest BCUT2D eigenvalue weighted by atomic mass is 10.2. The van der Waals surface area contributed by atoms with E-state index in [1.165, 1.54) is 0 Å². The minimum atomic E-state index is -1.88. The van der Waals surface area contributed by atoms with Crippen molar-refractivity contribution in [3.63, 3.8) is 0 Å². The van der Waals surface area contributed by atoms with Crippen LogP contribution in [0.2, 0.25) is 18.1 Å². The molecule has 0 radical (unpaired) electrons. The van der Waals surface area contributed by atoms with Crippen molar-refractivity contribution in [2.24, 2.45) is 0 Å². The summed E-state index contributed by atoms with van der Waals surface area (Å²) in [5.41, 5.74) is 0.186. The van der Waals surface area contributed by atoms with E-state index in [1.54, 1.807) is 0 Å². The summed E-state index contributed by atoms with van der Waals surface area (Å²) >= 11 is 0. The first-order valence-corrected chi connectivity index (χ1v) is 10.3. The predicted octanol–water partition coefficient (Wildman–Crippen LogP) is 2.56. The van der Waals surface area contributed by atoms with Crippen LogP contribution in [0.4, 0.5) is 0 Å². The topological polar surface area (TPSA) is 72.9 Å². The minimum absolute atomic E-state index is 0.0765. The Morgan fingerprint density at radius 3 is 2.18 bits per heavy atom. The lowest BCUT2D eigenvalue weighted by Gasteiger charge is -2.36. The van der Waals surface area contributed by atoms with Gasteiger partial charge in [0, 0.05) is 31.4 Å². The van der Waals surface area contributed by atoms with Crippen molar-refractivity contribution in [2.45, 2.75) is 58.2 Å². The molecule has 0 aromatic carbocycles. The fourth-order valence-electron chi connectivity index (χ4n) is 1.55. The third-order valence-corrected chi connectivity index (χ3v) is 8.68. The van der Waals surface area contributed by atoms with Crippen molar-refractivity contribution in [3.8, 4) is 0 Å². The molecule has 1 heterocycles. The van der Waals surface area contributed by atoms with E-state index < -0.39 is 26.1 Å². The summed E-state index contributed by atoms with van der Waals surface area (Å²) in [6.07, 6.45) is 0.460. The third kappa shape index (κ3) is 4.51.